The molecular formula is C22H30N4O2S. The SMILES string of the molecule is N#C[C@H](C(=O)NCCN1CCOCC1)c1nc(C23CC4CC(CC(C4)C2)C3)cs1. The largest absolute Gasteiger partial charge is 0.379 e. The fourth-order valence-corrected chi connectivity index (χ4v) is 7.56. The topological polar surface area (TPSA) is 78.2 Å². The Bertz CT molecular complexity index is 760. The van der Waals surface area contributed by atoms with Gasteiger partial charge < -0.3 is 10.1 Å². The summed E-state index contributed by atoms with van der Waals surface area (Å²) < 4.78 is 5.35. The Morgan fingerprint density at radius 3 is 2.55 bits per heavy atom. The third kappa shape index (κ3) is 3.83. The molecule has 29 heavy (non-hydrogen) atoms. The highest BCUT2D eigenvalue weighted by atomic mass is 32.1. The van der Waals surface area contributed by atoms with Crippen molar-refractivity contribution in [2.24, 2.45) is 17.8 Å². The van der Waals surface area contributed by atoms with Crippen LogP contribution < -0.4 is 5.32 Å². The summed E-state index contributed by atoms with van der Waals surface area (Å²) in [5.74, 6) is 1.57. The van der Waals surface area contributed by atoms with Crippen LogP contribution in [0.25, 0.3) is 0 Å². The first-order valence-electron chi connectivity index (χ1n) is 11.1. The first-order valence-corrected chi connectivity index (χ1v) is 12.0. The lowest BCUT2D eigenvalue weighted by Gasteiger charge is -2.56. The smallest absolute Gasteiger partial charge is 0.244 e. The lowest BCUT2D eigenvalue weighted by Crippen LogP contribution is -2.48. The van der Waals surface area contributed by atoms with Crippen molar-refractivity contribution in [1.82, 2.24) is 15.2 Å². The molecule has 1 amide bonds. The molecule has 5 fully saturated rings. The zero-order valence-corrected chi connectivity index (χ0v) is 17.8. The molecule has 1 saturated heterocycles. The number of morpholine rings is 1. The summed E-state index contributed by atoms with van der Waals surface area (Å²) >= 11 is 1.50. The Labute approximate surface area is 176 Å². The fraction of sp³-hybridized carbons (Fsp3) is 0.773. The van der Waals surface area contributed by atoms with Crippen LogP contribution in [0.15, 0.2) is 5.38 Å². The molecule has 4 bridgehead atoms. The monoisotopic (exact) mass is 414 g/mol. The van der Waals surface area contributed by atoms with Crippen LogP contribution in [-0.4, -0.2) is 55.2 Å². The fourth-order valence-electron chi connectivity index (χ4n) is 6.58. The Morgan fingerprint density at radius 1 is 1.28 bits per heavy atom. The van der Waals surface area contributed by atoms with Crippen LogP contribution in [0.4, 0.5) is 0 Å². The highest BCUT2D eigenvalue weighted by Crippen LogP contribution is 2.60. The van der Waals surface area contributed by atoms with Gasteiger partial charge in [0.2, 0.25) is 5.91 Å². The number of hydrogen-bond donors (Lipinski definition) is 1. The summed E-state index contributed by atoms with van der Waals surface area (Å²) in [5.41, 5.74) is 1.38. The molecule has 6 nitrogen and oxygen atoms in total. The van der Waals surface area contributed by atoms with Crippen molar-refractivity contribution in [3.05, 3.63) is 16.1 Å². The first kappa shape index (κ1) is 19.5. The highest BCUT2D eigenvalue weighted by Gasteiger charge is 2.52. The number of nitrogens with one attached hydrogen (secondary N) is 1. The molecule has 5 aliphatic rings. The van der Waals surface area contributed by atoms with Crippen LogP contribution in [0.2, 0.25) is 0 Å². The van der Waals surface area contributed by atoms with E-state index >= 15 is 0 Å². The Hall–Kier alpha value is -1.49. The van der Waals surface area contributed by atoms with Crippen molar-refractivity contribution in [3.63, 3.8) is 0 Å². The lowest BCUT2D eigenvalue weighted by atomic mass is 9.49. The number of nitriles is 1. The van der Waals surface area contributed by atoms with E-state index in [1.807, 2.05) is 0 Å². The summed E-state index contributed by atoms with van der Waals surface area (Å²) in [7, 11) is 0. The maximum Gasteiger partial charge on any atom is 0.244 e. The van der Waals surface area contributed by atoms with E-state index < -0.39 is 5.92 Å². The van der Waals surface area contributed by atoms with Gasteiger partial charge in [-0.25, -0.2) is 4.98 Å². The second kappa shape index (κ2) is 7.98. The molecule has 1 aromatic rings. The van der Waals surface area contributed by atoms with E-state index in [0.717, 1.165) is 56.3 Å². The minimum absolute atomic E-state index is 0.216. The molecule has 7 heteroatoms. The summed E-state index contributed by atoms with van der Waals surface area (Å²) in [4.78, 5) is 19.8. The van der Waals surface area contributed by atoms with Crippen LogP contribution in [0.5, 0.6) is 0 Å². The second-order valence-electron chi connectivity index (χ2n) is 9.58. The predicted molar refractivity (Wildman–Crippen MR) is 111 cm³/mol. The summed E-state index contributed by atoms with van der Waals surface area (Å²) in [6.07, 6.45) is 7.98. The maximum atomic E-state index is 12.7. The molecule has 156 valence electrons. The van der Waals surface area contributed by atoms with E-state index in [1.54, 1.807) is 0 Å². The van der Waals surface area contributed by atoms with Gasteiger partial charge in [-0.2, -0.15) is 5.26 Å². The molecule has 4 aliphatic carbocycles. The first-order chi connectivity index (χ1) is 14.1. The number of carbonyl (C=O) groups excluding carboxylic acids is 1. The Balaban J connectivity index is 1.23. The number of rotatable bonds is 6. The summed E-state index contributed by atoms with van der Waals surface area (Å²) in [6.45, 7) is 4.66. The molecule has 0 aromatic carbocycles. The van der Waals surface area contributed by atoms with Crippen LogP contribution in [-0.2, 0) is 14.9 Å². The van der Waals surface area contributed by atoms with Gasteiger partial charge in [-0.3, -0.25) is 9.69 Å². The number of hydrogen-bond acceptors (Lipinski definition) is 6. The zero-order valence-electron chi connectivity index (χ0n) is 16.9. The van der Waals surface area contributed by atoms with Crippen LogP contribution in [0.3, 0.4) is 0 Å². The molecule has 2 heterocycles. The highest BCUT2D eigenvalue weighted by molar-refractivity contribution is 7.10. The standard InChI is InChI=1S/C22H30N4O2S/c23-13-18(20(27)24-1-2-26-3-5-28-6-4-26)21-25-19(14-29-21)22-10-15-7-16(11-22)9-17(8-15)12-22/h14-18H,1-12H2,(H,24,27)/t15?,16?,17?,18-,22?/m1/s1. The minimum atomic E-state index is -0.799. The Kier molecular flexibility index (Phi) is 5.35. The molecule has 6 rings (SSSR count). The van der Waals surface area contributed by atoms with Gasteiger partial charge in [-0.1, -0.05) is 0 Å². The van der Waals surface area contributed by atoms with Gasteiger partial charge in [-0.15, -0.1) is 11.3 Å². The molecule has 0 radical (unpaired) electrons. The molecule has 1 aromatic heterocycles. The van der Waals surface area contributed by atoms with Crippen LogP contribution >= 0.6 is 11.3 Å². The van der Waals surface area contributed by atoms with E-state index in [-0.39, 0.29) is 11.3 Å². The van der Waals surface area contributed by atoms with Gasteiger partial charge in [0.05, 0.1) is 25.0 Å². The Morgan fingerprint density at radius 2 is 1.93 bits per heavy atom. The third-order valence-corrected chi connectivity index (χ3v) is 8.48. The molecular weight excluding hydrogens is 384 g/mol. The van der Waals surface area contributed by atoms with Crippen molar-refractivity contribution in [1.29, 1.82) is 5.26 Å². The third-order valence-electron chi connectivity index (χ3n) is 7.57. The average Bonchev–Trinajstić information content (AvgIpc) is 3.19. The molecule has 4 saturated carbocycles. The summed E-state index contributed by atoms with van der Waals surface area (Å²) in [6, 6.07) is 2.20. The van der Waals surface area contributed by atoms with Gasteiger partial charge in [-0.05, 0) is 56.3 Å². The second-order valence-corrected chi connectivity index (χ2v) is 10.5. The number of ether oxygens (including phenoxy) is 1. The van der Waals surface area contributed by atoms with Crippen molar-refractivity contribution in [3.8, 4) is 6.07 Å². The number of carbonyl (C=O) groups is 1. The number of thiazole rings is 1. The van der Waals surface area contributed by atoms with E-state index in [9.17, 15) is 10.1 Å². The predicted octanol–water partition coefficient (Wildman–Crippen LogP) is 2.67. The van der Waals surface area contributed by atoms with Gasteiger partial charge >= 0.3 is 0 Å². The van der Waals surface area contributed by atoms with Gasteiger partial charge in [0.25, 0.3) is 0 Å². The van der Waals surface area contributed by atoms with E-state index in [0.29, 0.717) is 11.6 Å². The molecule has 0 spiro atoms. The van der Waals surface area contributed by atoms with Crippen molar-refractivity contribution in [2.45, 2.75) is 49.9 Å². The van der Waals surface area contributed by atoms with Gasteiger partial charge in [0.1, 0.15) is 5.01 Å². The van der Waals surface area contributed by atoms with Crippen molar-refractivity contribution < 1.29 is 9.53 Å². The number of amides is 1. The van der Waals surface area contributed by atoms with E-state index in [1.165, 1.54) is 49.9 Å². The minimum Gasteiger partial charge on any atom is -0.379 e. The van der Waals surface area contributed by atoms with Crippen LogP contribution in [0.1, 0.15) is 55.1 Å². The average molecular weight is 415 g/mol. The number of nitrogens with zero attached hydrogens (tertiary/aromatic N) is 3. The molecule has 0 unspecified atom stereocenters. The zero-order chi connectivity index (χ0) is 19.8. The van der Waals surface area contributed by atoms with E-state index in [4.69, 9.17) is 9.72 Å². The lowest BCUT2D eigenvalue weighted by molar-refractivity contribution is -0.121. The van der Waals surface area contributed by atoms with Crippen LogP contribution in [0, 0.1) is 29.1 Å². The summed E-state index contributed by atoms with van der Waals surface area (Å²) in [5, 5.41) is 15.4. The van der Waals surface area contributed by atoms with Crippen molar-refractivity contribution in [2.75, 3.05) is 39.4 Å². The normalized spacial score (nSPS) is 34.7. The molecule has 1 aliphatic heterocycles. The number of aromatic nitrogens is 1. The molecule has 1 atom stereocenters. The van der Waals surface area contributed by atoms with Gasteiger partial charge in [0, 0.05) is 37.0 Å². The van der Waals surface area contributed by atoms with Crippen molar-refractivity contribution >= 4 is 17.2 Å². The molecule has 1 N–H and O–H groups in total. The quantitative estimate of drug-likeness (QED) is 0.774. The van der Waals surface area contributed by atoms with E-state index in [2.05, 4.69) is 21.7 Å². The van der Waals surface area contributed by atoms with Gasteiger partial charge in [0.15, 0.2) is 5.92 Å². The maximum absolute atomic E-state index is 12.7.